The first-order valence-electron chi connectivity index (χ1n) is 7.86. The maximum absolute atomic E-state index is 5.46. The van der Waals surface area contributed by atoms with Gasteiger partial charge in [-0.2, -0.15) is 0 Å². The van der Waals surface area contributed by atoms with Crippen molar-refractivity contribution in [1.29, 1.82) is 0 Å². The third-order valence-electron chi connectivity index (χ3n) is 3.10. The number of nitrogens with one attached hydrogen (secondary N) is 1. The molecule has 0 bridgehead atoms. The second-order valence-electron chi connectivity index (χ2n) is 4.74. The van der Waals surface area contributed by atoms with Crippen LogP contribution in [0.2, 0.25) is 0 Å². The monoisotopic (exact) mass is 295 g/mol. The Labute approximate surface area is 128 Å². The van der Waals surface area contributed by atoms with Gasteiger partial charge in [-0.25, -0.2) is 0 Å². The van der Waals surface area contributed by atoms with Crippen LogP contribution in [0.3, 0.4) is 0 Å². The predicted octanol–water partition coefficient (Wildman–Crippen LogP) is 2.39. The number of hydrogen-bond acceptors (Lipinski definition) is 5. The van der Waals surface area contributed by atoms with E-state index < -0.39 is 0 Å². The summed E-state index contributed by atoms with van der Waals surface area (Å²) in [6, 6.07) is 4.11. The first-order chi connectivity index (χ1) is 10.3. The largest absolute Gasteiger partial charge is 0.385 e. The molecule has 0 fully saturated rings. The standard InChI is InChI=1S/C16H29N3O2/c1-4-17-15-7-8-18-16(13-15)14-19(9-11-20-5-2)10-12-21-6-3/h7-8,13H,4-6,9-12,14H2,1-3H3,(H,17,18). The van der Waals surface area contributed by atoms with E-state index in [1.165, 1.54) is 0 Å². The van der Waals surface area contributed by atoms with Crippen molar-refractivity contribution in [3.05, 3.63) is 24.0 Å². The molecule has 0 spiro atoms. The van der Waals surface area contributed by atoms with Crippen LogP contribution in [0, 0.1) is 0 Å². The molecule has 1 N–H and O–H groups in total. The molecular weight excluding hydrogens is 266 g/mol. The Morgan fingerprint density at radius 3 is 2.33 bits per heavy atom. The van der Waals surface area contributed by atoms with Crippen molar-refractivity contribution in [2.45, 2.75) is 27.3 Å². The van der Waals surface area contributed by atoms with Gasteiger partial charge in [0.15, 0.2) is 0 Å². The van der Waals surface area contributed by atoms with Gasteiger partial charge < -0.3 is 14.8 Å². The van der Waals surface area contributed by atoms with Crippen LogP contribution in [0.25, 0.3) is 0 Å². The minimum Gasteiger partial charge on any atom is -0.385 e. The van der Waals surface area contributed by atoms with E-state index in [1.807, 2.05) is 26.1 Å². The van der Waals surface area contributed by atoms with Gasteiger partial charge in [0.2, 0.25) is 0 Å². The number of nitrogens with zero attached hydrogens (tertiary/aromatic N) is 2. The summed E-state index contributed by atoms with van der Waals surface area (Å²) in [5.74, 6) is 0. The Balaban J connectivity index is 2.54. The Bertz CT molecular complexity index is 364. The highest BCUT2D eigenvalue weighted by molar-refractivity contribution is 5.42. The van der Waals surface area contributed by atoms with Gasteiger partial charge >= 0.3 is 0 Å². The first-order valence-corrected chi connectivity index (χ1v) is 7.86. The molecule has 0 aliphatic carbocycles. The van der Waals surface area contributed by atoms with Crippen LogP contribution in [-0.4, -0.2) is 55.9 Å². The minimum atomic E-state index is 0.746. The smallest absolute Gasteiger partial charge is 0.0593 e. The fraction of sp³-hybridized carbons (Fsp3) is 0.688. The molecule has 0 amide bonds. The van der Waals surface area contributed by atoms with Crippen LogP contribution in [0.4, 0.5) is 5.69 Å². The fourth-order valence-corrected chi connectivity index (χ4v) is 2.05. The van der Waals surface area contributed by atoms with Crippen LogP contribution in [0.5, 0.6) is 0 Å². The third kappa shape index (κ3) is 7.99. The maximum atomic E-state index is 5.46. The first kappa shape index (κ1) is 17.9. The van der Waals surface area contributed by atoms with E-state index in [2.05, 4.69) is 28.2 Å². The summed E-state index contributed by atoms with van der Waals surface area (Å²) < 4.78 is 10.9. The Morgan fingerprint density at radius 2 is 1.76 bits per heavy atom. The highest BCUT2D eigenvalue weighted by Crippen LogP contribution is 2.09. The van der Waals surface area contributed by atoms with E-state index in [4.69, 9.17) is 9.47 Å². The Kier molecular flexibility index (Phi) is 9.78. The average Bonchev–Trinajstić information content (AvgIpc) is 2.48. The highest BCUT2D eigenvalue weighted by atomic mass is 16.5. The highest BCUT2D eigenvalue weighted by Gasteiger charge is 2.07. The van der Waals surface area contributed by atoms with Crippen molar-refractivity contribution < 1.29 is 9.47 Å². The molecule has 120 valence electrons. The van der Waals surface area contributed by atoms with E-state index in [1.54, 1.807) is 0 Å². The molecule has 1 heterocycles. The van der Waals surface area contributed by atoms with Crippen molar-refractivity contribution in [1.82, 2.24) is 9.88 Å². The summed E-state index contributed by atoms with van der Waals surface area (Å²) in [6.07, 6.45) is 1.86. The maximum Gasteiger partial charge on any atom is 0.0593 e. The molecule has 0 saturated carbocycles. The van der Waals surface area contributed by atoms with Gasteiger partial charge in [-0.3, -0.25) is 9.88 Å². The molecule has 0 aromatic carbocycles. The van der Waals surface area contributed by atoms with Crippen LogP contribution in [0.15, 0.2) is 18.3 Å². The Hall–Kier alpha value is -1.17. The lowest BCUT2D eigenvalue weighted by molar-refractivity contribution is 0.0793. The van der Waals surface area contributed by atoms with E-state index in [0.717, 1.165) is 64.0 Å². The number of ether oxygens (including phenoxy) is 2. The molecule has 1 aromatic rings. The van der Waals surface area contributed by atoms with Crippen molar-refractivity contribution in [3.63, 3.8) is 0 Å². The zero-order valence-electron chi connectivity index (χ0n) is 13.6. The molecule has 5 nitrogen and oxygen atoms in total. The normalized spacial score (nSPS) is 11.0. The molecule has 0 aliphatic rings. The zero-order chi connectivity index (χ0) is 15.3. The molecule has 1 aromatic heterocycles. The zero-order valence-corrected chi connectivity index (χ0v) is 13.6. The molecular formula is C16H29N3O2. The SMILES string of the molecule is CCNc1ccnc(CN(CCOCC)CCOCC)c1. The number of hydrogen-bond donors (Lipinski definition) is 1. The summed E-state index contributed by atoms with van der Waals surface area (Å²) in [5.41, 5.74) is 2.19. The van der Waals surface area contributed by atoms with Gasteiger partial charge in [0.1, 0.15) is 0 Å². The van der Waals surface area contributed by atoms with Crippen LogP contribution in [0.1, 0.15) is 26.5 Å². The summed E-state index contributed by atoms with van der Waals surface area (Å²) in [5, 5.41) is 3.32. The van der Waals surface area contributed by atoms with Gasteiger partial charge in [0.25, 0.3) is 0 Å². The van der Waals surface area contributed by atoms with Crippen molar-refractivity contribution in [3.8, 4) is 0 Å². The average molecular weight is 295 g/mol. The molecule has 0 radical (unpaired) electrons. The number of rotatable bonds is 12. The number of aromatic nitrogens is 1. The second-order valence-corrected chi connectivity index (χ2v) is 4.74. The topological polar surface area (TPSA) is 46.6 Å². The minimum absolute atomic E-state index is 0.746. The third-order valence-corrected chi connectivity index (χ3v) is 3.10. The summed E-state index contributed by atoms with van der Waals surface area (Å²) in [6.45, 7) is 12.7. The van der Waals surface area contributed by atoms with E-state index in [0.29, 0.717) is 0 Å². The van der Waals surface area contributed by atoms with Gasteiger partial charge in [-0.15, -0.1) is 0 Å². The van der Waals surface area contributed by atoms with Crippen LogP contribution >= 0.6 is 0 Å². The van der Waals surface area contributed by atoms with E-state index >= 15 is 0 Å². The predicted molar refractivity (Wildman–Crippen MR) is 86.7 cm³/mol. The Morgan fingerprint density at radius 1 is 1.10 bits per heavy atom. The summed E-state index contributed by atoms with van der Waals surface area (Å²) in [4.78, 5) is 6.78. The molecule has 0 aliphatic heterocycles. The molecule has 0 atom stereocenters. The molecule has 21 heavy (non-hydrogen) atoms. The summed E-state index contributed by atoms with van der Waals surface area (Å²) in [7, 11) is 0. The molecule has 1 rings (SSSR count). The molecule has 0 saturated heterocycles. The van der Waals surface area contributed by atoms with Crippen LogP contribution < -0.4 is 5.32 Å². The lowest BCUT2D eigenvalue weighted by Crippen LogP contribution is -2.31. The fourth-order valence-electron chi connectivity index (χ4n) is 2.05. The molecule has 0 unspecified atom stereocenters. The lowest BCUT2D eigenvalue weighted by Gasteiger charge is -2.22. The van der Waals surface area contributed by atoms with Crippen LogP contribution in [-0.2, 0) is 16.0 Å². The quantitative estimate of drug-likeness (QED) is 0.600. The number of pyridine rings is 1. The van der Waals surface area contributed by atoms with Crippen molar-refractivity contribution >= 4 is 5.69 Å². The van der Waals surface area contributed by atoms with Gasteiger partial charge in [0, 0.05) is 51.3 Å². The summed E-state index contributed by atoms with van der Waals surface area (Å²) >= 11 is 0. The molecule has 5 heteroatoms. The number of anilines is 1. The van der Waals surface area contributed by atoms with Gasteiger partial charge in [-0.05, 0) is 32.9 Å². The van der Waals surface area contributed by atoms with Crippen molar-refractivity contribution in [2.24, 2.45) is 0 Å². The van der Waals surface area contributed by atoms with Crippen molar-refractivity contribution in [2.75, 3.05) is 51.4 Å². The van der Waals surface area contributed by atoms with Gasteiger partial charge in [0.05, 0.1) is 18.9 Å². The van der Waals surface area contributed by atoms with Gasteiger partial charge in [-0.1, -0.05) is 0 Å². The van der Waals surface area contributed by atoms with E-state index in [9.17, 15) is 0 Å². The lowest BCUT2D eigenvalue weighted by atomic mass is 10.3. The second kappa shape index (κ2) is 11.5. The van der Waals surface area contributed by atoms with E-state index in [-0.39, 0.29) is 0 Å².